The Balaban J connectivity index is 1.86. The zero-order valence-corrected chi connectivity index (χ0v) is 15.1. The molecule has 0 fully saturated rings. The van der Waals surface area contributed by atoms with Gasteiger partial charge in [-0.15, -0.1) is 0 Å². The molecular formula is C21H23NO3. The van der Waals surface area contributed by atoms with E-state index in [0.29, 0.717) is 11.1 Å². The topological polar surface area (TPSA) is 46.6 Å². The maximum atomic E-state index is 12.7. The standard InChI is InChI=1S/C21H23NO3/c1-13(2)18(12-25-19-14(3)8-7-9-15(19)4)22-20(23)16-10-5-6-11-17(16)21(22)24/h5-11,13,18H,12H2,1-4H3/t18-/m1/s1. The SMILES string of the molecule is Cc1cccc(C)c1OC[C@H](C(C)C)N1C(=O)c2ccccc2C1=O. The third-order valence-corrected chi connectivity index (χ3v) is 4.73. The lowest BCUT2D eigenvalue weighted by Gasteiger charge is -2.29. The van der Waals surface area contributed by atoms with E-state index in [0.717, 1.165) is 16.9 Å². The summed E-state index contributed by atoms with van der Waals surface area (Å²) in [5, 5.41) is 0. The molecule has 0 aliphatic carbocycles. The van der Waals surface area contributed by atoms with Gasteiger partial charge in [-0.1, -0.05) is 44.2 Å². The average molecular weight is 337 g/mol. The van der Waals surface area contributed by atoms with Gasteiger partial charge in [0, 0.05) is 0 Å². The summed E-state index contributed by atoms with van der Waals surface area (Å²) in [7, 11) is 0. The largest absolute Gasteiger partial charge is 0.491 e. The van der Waals surface area contributed by atoms with Crippen molar-refractivity contribution in [3.63, 3.8) is 0 Å². The van der Waals surface area contributed by atoms with Gasteiger partial charge in [-0.05, 0) is 43.0 Å². The van der Waals surface area contributed by atoms with Crippen LogP contribution in [0.2, 0.25) is 0 Å². The number of carbonyl (C=O) groups excluding carboxylic acids is 2. The fourth-order valence-corrected chi connectivity index (χ4v) is 3.27. The Morgan fingerprint density at radius 2 is 1.40 bits per heavy atom. The lowest BCUT2D eigenvalue weighted by atomic mass is 10.0. The molecule has 1 atom stereocenters. The molecule has 0 N–H and O–H groups in total. The maximum Gasteiger partial charge on any atom is 0.261 e. The van der Waals surface area contributed by atoms with Gasteiger partial charge in [0.05, 0.1) is 17.2 Å². The summed E-state index contributed by atoms with van der Waals surface area (Å²) in [5.41, 5.74) is 3.05. The summed E-state index contributed by atoms with van der Waals surface area (Å²) in [4.78, 5) is 26.9. The summed E-state index contributed by atoms with van der Waals surface area (Å²) in [6.07, 6.45) is 0. The molecule has 4 nitrogen and oxygen atoms in total. The smallest absolute Gasteiger partial charge is 0.261 e. The number of aryl methyl sites for hydroxylation is 2. The molecule has 0 radical (unpaired) electrons. The number of imide groups is 1. The van der Waals surface area contributed by atoms with Crippen molar-refractivity contribution in [3.8, 4) is 5.75 Å². The summed E-state index contributed by atoms with van der Waals surface area (Å²) < 4.78 is 6.05. The normalized spacial score (nSPS) is 14.8. The van der Waals surface area contributed by atoms with Crippen LogP contribution in [0, 0.1) is 19.8 Å². The van der Waals surface area contributed by atoms with Crippen LogP contribution < -0.4 is 4.74 Å². The van der Waals surface area contributed by atoms with Crippen molar-refractivity contribution >= 4 is 11.8 Å². The van der Waals surface area contributed by atoms with Crippen LogP contribution in [-0.2, 0) is 0 Å². The number of carbonyl (C=O) groups is 2. The van der Waals surface area contributed by atoms with Gasteiger partial charge in [-0.3, -0.25) is 14.5 Å². The third-order valence-electron chi connectivity index (χ3n) is 4.73. The van der Waals surface area contributed by atoms with Crippen molar-refractivity contribution in [2.75, 3.05) is 6.61 Å². The minimum atomic E-state index is -0.314. The van der Waals surface area contributed by atoms with E-state index in [9.17, 15) is 9.59 Å². The van der Waals surface area contributed by atoms with Crippen LogP contribution in [0.5, 0.6) is 5.75 Å². The van der Waals surface area contributed by atoms with Gasteiger partial charge in [0.25, 0.3) is 11.8 Å². The molecule has 130 valence electrons. The highest BCUT2D eigenvalue weighted by atomic mass is 16.5. The zero-order valence-electron chi connectivity index (χ0n) is 15.1. The first-order valence-electron chi connectivity index (χ1n) is 8.57. The van der Waals surface area contributed by atoms with Crippen LogP contribution in [0.4, 0.5) is 0 Å². The first kappa shape index (κ1) is 17.2. The number of fused-ring (bicyclic) bond motifs is 1. The number of hydrogen-bond acceptors (Lipinski definition) is 3. The van der Waals surface area contributed by atoms with Gasteiger partial charge >= 0.3 is 0 Å². The molecule has 1 aliphatic rings. The Labute approximate surface area is 148 Å². The van der Waals surface area contributed by atoms with Crippen molar-refractivity contribution < 1.29 is 14.3 Å². The number of nitrogens with zero attached hydrogens (tertiary/aromatic N) is 1. The third kappa shape index (κ3) is 3.04. The molecule has 0 saturated carbocycles. The molecule has 25 heavy (non-hydrogen) atoms. The van der Waals surface area contributed by atoms with Crippen molar-refractivity contribution in [3.05, 3.63) is 64.7 Å². The summed E-state index contributed by atoms with van der Waals surface area (Å²) in [6.45, 7) is 8.28. The quantitative estimate of drug-likeness (QED) is 0.775. The van der Waals surface area contributed by atoms with Crippen LogP contribution >= 0.6 is 0 Å². The molecule has 0 saturated heterocycles. The van der Waals surface area contributed by atoms with Gasteiger partial charge in [0.15, 0.2) is 0 Å². The lowest BCUT2D eigenvalue weighted by Crippen LogP contribution is -2.46. The molecule has 3 rings (SSSR count). The molecule has 2 aromatic rings. The second kappa shape index (κ2) is 6.71. The monoisotopic (exact) mass is 337 g/mol. The number of benzene rings is 2. The van der Waals surface area contributed by atoms with Crippen molar-refractivity contribution in [2.45, 2.75) is 33.7 Å². The molecule has 0 unspecified atom stereocenters. The molecule has 0 aromatic heterocycles. The number of amides is 2. The second-order valence-electron chi connectivity index (χ2n) is 6.87. The minimum Gasteiger partial charge on any atom is -0.491 e. The van der Waals surface area contributed by atoms with Gasteiger partial charge in [0.2, 0.25) is 0 Å². The second-order valence-corrected chi connectivity index (χ2v) is 6.87. The predicted molar refractivity (Wildman–Crippen MR) is 97.0 cm³/mol. The van der Waals surface area contributed by atoms with E-state index in [-0.39, 0.29) is 30.4 Å². The maximum absolute atomic E-state index is 12.7. The highest BCUT2D eigenvalue weighted by Gasteiger charge is 2.41. The zero-order chi connectivity index (χ0) is 18.1. The Hall–Kier alpha value is -2.62. The molecular weight excluding hydrogens is 314 g/mol. The van der Waals surface area contributed by atoms with E-state index in [1.54, 1.807) is 24.3 Å². The molecule has 0 bridgehead atoms. The number of ether oxygens (including phenoxy) is 1. The van der Waals surface area contributed by atoms with E-state index >= 15 is 0 Å². The molecule has 1 heterocycles. The van der Waals surface area contributed by atoms with E-state index in [4.69, 9.17) is 4.74 Å². The van der Waals surface area contributed by atoms with Gasteiger partial charge in [0.1, 0.15) is 12.4 Å². The summed E-state index contributed by atoms with van der Waals surface area (Å²) >= 11 is 0. The molecule has 2 aromatic carbocycles. The Kier molecular flexibility index (Phi) is 4.62. The van der Waals surface area contributed by atoms with Crippen LogP contribution in [0.1, 0.15) is 45.7 Å². The molecule has 2 amide bonds. The Bertz CT molecular complexity index is 770. The molecule has 0 spiro atoms. The van der Waals surface area contributed by atoms with E-state index < -0.39 is 0 Å². The van der Waals surface area contributed by atoms with Crippen LogP contribution in [-0.4, -0.2) is 29.4 Å². The Morgan fingerprint density at radius 1 is 0.880 bits per heavy atom. The minimum absolute atomic E-state index is 0.0894. The van der Waals surface area contributed by atoms with E-state index in [1.165, 1.54) is 4.90 Å². The average Bonchev–Trinajstić information content (AvgIpc) is 2.82. The lowest BCUT2D eigenvalue weighted by molar-refractivity contribution is 0.0471. The first-order chi connectivity index (χ1) is 11.9. The van der Waals surface area contributed by atoms with Crippen molar-refractivity contribution in [1.82, 2.24) is 4.90 Å². The van der Waals surface area contributed by atoms with Gasteiger partial charge in [-0.25, -0.2) is 0 Å². The summed E-state index contributed by atoms with van der Waals surface area (Å²) in [6, 6.07) is 12.6. The van der Waals surface area contributed by atoms with Crippen LogP contribution in [0.15, 0.2) is 42.5 Å². The van der Waals surface area contributed by atoms with Crippen LogP contribution in [0.3, 0.4) is 0 Å². The predicted octanol–water partition coefficient (Wildman–Crippen LogP) is 4.00. The van der Waals surface area contributed by atoms with Gasteiger partial charge in [-0.2, -0.15) is 0 Å². The highest BCUT2D eigenvalue weighted by molar-refractivity contribution is 6.21. The van der Waals surface area contributed by atoms with Crippen LogP contribution in [0.25, 0.3) is 0 Å². The molecule has 4 heteroatoms. The van der Waals surface area contributed by atoms with Crippen molar-refractivity contribution in [1.29, 1.82) is 0 Å². The molecule has 1 aliphatic heterocycles. The van der Waals surface area contributed by atoms with Gasteiger partial charge < -0.3 is 4.74 Å². The number of hydrogen-bond donors (Lipinski definition) is 0. The fraction of sp³-hybridized carbons (Fsp3) is 0.333. The summed E-state index contributed by atoms with van der Waals surface area (Å²) in [5.74, 6) is 0.449. The number of para-hydroxylation sites is 1. The fourth-order valence-electron chi connectivity index (χ4n) is 3.27. The van der Waals surface area contributed by atoms with E-state index in [2.05, 4.69) is 0 Å². The first-order valence-corrected chi connectivity index (χ1v) is 8.57. The Morgan fingerprint density at radius 3 is 1.88 bits per heavy atom. The number of rotatable bonds is 5. The van der Waals surface area contributed by atoms with E-state index in [1.807, 2.05) is 45.9 Å². The van der Waals surface area contributed by atoms with Crippen molar-refractivity contribution in [2.24, 2.45) is 5.92 Å². The highest BCUT2D eigenvalue weighted by Crippen LogP contribution is 2.29.